The van der Waals surface area contributed by atoms with Gasteiger partial charge in [-0.05, 0) is 24.6 Å². The zero-order valence-electron chi connectivity index (χ0n) is 13.7. The third-order valence-electron chi connectivity index (χ3n) is 4.87. The summed E-state index contributed by atoms with van der Waals surface area (Å²) >= 11 is 0. The molecule has 4 heterocycles. The van der Waals surface area contributed by atoms with E-state index < -0.39 is 0 Å². The molecule has 0 aliphatic carbocycles. The molecular weight excluding hydrogens is 306 g/mol. The van der Waals surface area contributed by atoms with Crippen molar-refractivity contribution in [1.29, 1.82) is 0 Å². The Hall–Kier alpha value is -2.34. The van der Waals surface area contributed by atoms with Gasteiger partial charge in [0.2, 0.25) is 5.88 Å². The van der Waals surface area contributed by atoms with Gasteiger partial charge < -0.3 is 18.9 Å². The van der Waals surface area contributed by atoms with E-state index in [9.17, 15) is 4.79 Å². The van der Waals surface area contributed by atoms with Crippen molar-refractivity contribution in [3.63, 3.8) is 0 Å². The topological polar surface area (TPSA) is 56.6 Å². The third-order valence-corrected chi connectivity index (χ3v) is 4.87. The lowest BCUT2D eigenvalue weighted by Gasteiger charge is -2.23. The number of aryl methyl sites for hydroxylation is 1. The Morgan fingerprint density at radius 3 is 3.04 bits per heavy atom. The van der Waals surface area contributed by atoms with Crippen molar-refractivity contribution in [2.45, 2.75) is 24.5 Å². The fourth-order valence-corrected chi connectivity index (χ4v) is 3.61. The molecule has 2 saturated heterocycles. The summed E-state index contributed by atoms with van der Waals surface area (Å²) in [5, 5.41) is 0. The SMILES string of the molecule is Cn1cccc1C(=O)N1CC[C@@]2(C[C@H](Oc3ccccn3)CO2)C1. The lowest BCUT2D eigenvalue weighted by Crippen LogP contribution is -2.36. The molecule has 0 aromatic carbocycles. The highest BCUT2D eigenvalue weighted by atomic mass is 16.6. The zero-order valence-corrected chi connectivity index (χ0v) is 13.7. The summed E-state index contributed by atoms with van der Waals surface area (Å²) in [6.45, 7) is 1.89. The van der Waals surface area contributed by atoms with Crippen LogP contribution < -0.4 is 4.74 Å². The second-order valence-corrected chi connectivity index (χ2v) is 6.59. The van der Waals surface area contributed by atoms with Crippen LogP contribution in [0.1, 0.15) is 23.3 Å². The number of hydrogen-bond acceptors (Lipinski definition) is 4. The number of pyridine rings is 1. The minimum atomic E-state index is -0.278. The van der Waals surface area contributed by atoms with Gasteiger partial charge >= 0.3 is 0 Å². The molecule has 24 heavy (non-hydrogen) atoms. The molecule has 126 valence electrons. The number of carbonyl (C=O) groups is 1. The Kier molecular flexibility index (Phi) is 3.76. The van der Waals surface area contributed by atoms with Gasteiger partial charge in [-0.2, -0.15) is 0 Å². The number of hydrogen-bond donors (Lipinski definition) is 0. The van der Waals surface area contributed by atoms with Crippen molar-refractivity contribution in [3.05, 3.63) is 48.4 Å². The maximum absolute atomic E-state index is 12.6. The first kappa shape index (κ1) is 15.2. The van der Waals surface area contributed by atoms with Gasteiger partial charge in [0, 0.05) is 38.5 Å². The summed E-state index contributed by atoms with van der Waals surface area (Å²) in [4.78, 5) is 18.7. The Balaban J connectivity index is 1.40. The molecule has 0 bridgehead atoms. The first-order chi connectivity index (χ1) is 11.7. The Morgan fingerprint density at radius 1 is 1.38 bits per heavy atom. The quantitative estimate of drug-likeness (QED) is 0.864. The summed E-state index contributed by atoms with van der Waals surface area (Å²) in [6.07, 6.45) is 5.25. The van der Waals surface area contributed by atoms with Crippen molar-refractivity contribution >= 4 is 5.91 Å². The number of amides is 1. The number of nitrogens with zero attached hydrogens (tertiary/aromatic N) is 3. The molecule has 2 aromatic heterocycles. The molecule has 2 aromatic rings. The fourth-order valence-electron chi connectivity index (χ4n) is 3.61. The van der Waals surface area contributed by atoms with Crippen molar-refractivity contribution < 1.29 is 14.3 Å². The van der Waals surface area contributed by atoms with Crippen molar-refractivity contribution in [2.75, 3.05) is 19.7 Å². The van der Waals surface area contributed by atoms with Crippen LogP contribution in [0, 0.1) is 0 Å². The number of carbonyl (C=O) groups excluding carboxylic acids is 1. The highest BCUT2D eigenvalue weighted by molar-refractivity contribution is 5.93. The maximum Gasteiger partial charge on any atom is 0.270 e. The number of likely N-dealkylation sites (tertiary alicyclic amines) is 1. The molecule has 1 amide bonds. The zero-order chi connectivity index (χ0) is 16.6. The molecule has 1 spiro atoms. The average Bonchev–Trinajstić information content (AvgIpc) is 3.30. The van der Waals surface area contributed by atoms with Crippen LogP contribution in [0.15, 0.2) is 42.7 Å². The van der Waals surface area contributed by atoms with E-state index in [-0.39, 0.29) is 17.6 Å². The van der Waals surface area contributed by atoms with E-state index in [1.165, 1.54) is 0 Å². The molecule has 0 unspecified atom stereocenters. The number of aromatic nitrogens is 2. The second-order valence-electron chi connectivity index (χ2n) is 6.59. The molecule has 6 heteroatoms. The van der Waals surface area contributed by atoms with Crippen molar-refractivity contribution in [3.8, 4) is 5.88 Å². The van der Waals surface area contributed by atoms with Gasteiger partial charge in [0.05, 0.1) is 18.8 Å². The molecule has 2 fully saturated rings. The Morgan fingerprint density at radius 2 is 2.29 bits per heavy atom. The minimum absolute atomic E-state index is 0.00927. The van der Waals surface area contributed by atoms with Crippen LogP contribution in [0.4, 0.5) is 0 Å². The molecule has 2 aliphatic heterocycles. The summed E-state index contributed by atoms with van der Waals surface area (Å²) in [7, 11) is 1.89. The van der Waals surface area contributed by atoms with E-state index in [1.54, 1.807) is 6.20 Å². The molecule has 2 atom stereocenters. The normalized spacial score (nSPS) is 26.2. The first-order valence-electron chi connectivity index (χ1n) is 8.27. The first-order valence-corrected chi connectivity index (χ1v) is 8.27. The maximum atomic E-state index is 12.6. The standard InChI is InChI=1S/C18H21N3O3/c1-20-9-4-5-15(20)17(22)21-10-7-18(13-21)11-14(12-23-18)24-16-6-2-3-8-19-16/h2-6,8-9,14H,7,10-13H2,1H3/t14-,18+/m0/s1. The van der Waals surface area contributed by atoms with E-state index in [4.69, 9.17) is 9.47 Å². The van der Waals surface area contributed by atoms with Crippen LogP contribution in [0.25, 0.3) is 0 Å². The smallest absolute Gasteiger partial charge is 0.270 e. The van der Waals surface area contributed by atoms with E-state index in [0.717, 1.165) is 19.4 Å². The van der Waals surface area contributed by atoms with Crippen LogP contribution >= 0.6 is 0 Å². The highest BCUT2D eigenvalue weighted by Crippen LogP contribution is 2.36. The van der Waals surface area contributed by atoms with Crippen LogP contribution in [-0.4, -0.2) is 51.8 Å². The van der Waals surface area contributed by atoms with Crippen LogP contribution in [0.5, 0.6) is 5.88 Å². The molecule has 6 nitrogen and oxygen atoms in total. The van der Waals surface area contributed by atoms with Crippen LogP contribution in [0.3, 0.4) is 0 Å². The minimum Gasteiger partial charge on any atom is -0.472 e. The van der Waals surface area contributed by atoms with Gasteiger partial charge in [-0.3, -0.25) is 4.79 Å². The fraction of sp³-hybridized carbons (Fsp3) is 0.444. The van der Waals surface area contributed by atoms with Gasteiger partial charge in [-0.1, -0.05) is 6.07 Å². The van der Waals surface area contributed by atoms with Crippen LogP contribution in [-0.2, 0) is 11.8 Å². The summed E-state index contributed by atoms with van der Waals surface area (Å²) < 4.78 is 13.8. The molecular formula is C18H21N3O3. The van der Waals surface area contributed by atoms with E-state index in [1.807, 2.05) is 53.0 Å². The largest absolute Gasteiger partial charge is 0.472 e. The highest BCUT2D eigenvalue weighted by Gasteiger charge is 2.47. The number of rotatable bonds is 3. The predicted molar refractivity (Wildman–Crippen MR) is 87.9 cm³/mol. The van der Waals surface area contributed by atoms with Crippen molar-refractivity contribution in [2.24, 2.45) is 7.05 Å². The Labute approximate surface area is 141 Å². The van der Waals surface area contributed by atoms with E-state index >= 15 is 0 Å². The van der Waals surface area contributed by atoms with Gasteiger partial charge in [-0.25, -0.2) is 4.98 Å². The summed E-state index contributed by atoms with van der Waals surface area (Å²) in [5.74, 6) is 0.690. The van der Waals surface area contributed by atoms with E-state index in [0.29, 0.717) is 24.7 Å². The number of ether oxygens (including phenoxy) is 2. The van der Waals surface area contributed by atoms with Crippen LogP contribution in [0.2, 0.25) is 0 Å². The predicted octanol–water partition coefficient (Wildman–Crippen LogP) is 1.87. The lowest BCUT2D eigenvalue weighted by molar-refractivity contribution is 0.00976. The van der Waals surface area contributed by atoms with Crippen molar-refractivity contribution in [1.82, 2.24) is 14.5 Å². The van der Waals surface area contributed by atoms with Gasteiger partial charge in [0.25, 0.3) is 5.91 Å². The molecule has 0 radical (unpaired) electrons. The van der Waals surface area contributed by atoms with Gasteiger partial charge in [0.1, 0.15) is 11.8 Å². The molecule has 0 saturated carbocycles. The second kappa shape index (κ2) is 5.94. The molecule has 4 rings (SSSR count). The van der Waals surface area contributed by atoms with Gasteiger partial charge in [-0.15, -0.1) is 0 Å². The lowest BCUT2D eigenvalue weighted by atomic mass is 9.98. The molecule has 0 N–H and O–H groups in total. The monoisotopic (exact) mass is 327 g/mol. The summed E-state index contributed by atoms with van der Waals surface area (Å²) in [6, 6.07) is 9.37. The van der Waals surface area contributed by atoms with Gasteiger partial charge in [0.15, 0.2) is 0 Å². The van der Waals surface area contributed by atoms with E-state index in [2.05, 4.69) is 4.98 Å². The third kappa shape index (κ3) is 2.78. The summed E-state index contributed by atoms with van der Waals surface area (Å²) in [5.41, 5.74) is 0.437. The Bertz CT molecular complexity index is 730. The average molecular weight is 327 g/mol. The molecule has 2 aliphatic rings.